The summed E-state index contributed by atoms with van der Waals surface area (Å²) in [4.78, 5) is 26.4. The Morgan fingerprint density at radius 2 is 1.97 bits per heavy atom. The Morgan fingerprint density at radius 1 is 1.24 bits per heavy atom. The number of halogens is 1. The molecule has 0 aliphatic carbocycles. The lowest BCUT2D eigenvalue weighted by atomic mass is 10.1. The SMILES string of the molecule is C/C=C\C=C(/C(C)C)n1c(C(C)Nc2nc(N)nc(N)c2C#N)nc2cccc(Cl)c2c1=O. The Kier molecular flexibility index (Phi) is 6.99. The molecule has 1 atom stereocenters. The van der Waals surface area contributed by atoms with Gasteiger partial charge < -0.3 is 16.8 Å². The van der Waals surface area contributed by atoms with Crippen LogP contribution >= 0.6 is 11.6 Å². The van der Waals surface area contributed by atoms with Crippen LogP contribution in [0.4, 0.5) is 17.6 Å². The second-order valence-electron chi connectivity index (χ2n) is 7.69. The highest BCUT2D eigenvalue weighted by Crippen LogP contribution is 2.28. The number of fused-ring (bicyclic) bond motifs is 1. The number of aromatic nitrogens is 4. The summed E-state index contributed by atoms with van der Waals surface area (Å²) in [5.41, 5.74) is 12.5. The molecule has 0 radical (unpaired) electrons. The highest BCUT2D eigenvalue weighted by atomic mass is 35.5. The molecule has 1 aromatic carbocycles. The molecule has 0 bridgehead atoms. The van der Waals surface area contributed by atoms with Gasteiger partial charge in [-0.25, -0.2) is 4.98 Å². The lowest BCUT2D eigenvalue weighted by molar-refractivity contribution is 0.692. The second-order valence-corrected chi connectivity index (χ2v) is 8.09. The molecule has 0 amide bonds. The average molecular weight is 465 g/mol. The fourth-order valence-electron chi connectivity index (χ4n) is 3.45. The fraction of sp³-hybridized carbons (Fsp3) is 0.261. The standard InChI is InChI=1S/C23H25ClN8O/c1-5-6-10-17(12(2)3)32-21(29-16-9-7-8-15(24)18(16)22(32)33)13(4)28-20-14(11-25)19(26)30-23(27)31-20/h5-10,12-13H,1-4H3,(H5,26,27,28,30,31)/b6-5-,17-10+. The normalized spacial score (nSPS) is 12.9. The molecule has 3 rings (SSSR count). The molecule has 0 aliphatic heterocycles. The van der Waals surface area contributed by atoms with E-state index in [4.69, 9.17) is 28.1 Å². The van der Waals surface area contributed by atoms with Crippen molar-refractivity contribution in [1.29, 1.82) is 5.26 Å². The molecule has 2 aromatic heterocycles. The molecular weight excluding hydrogens is 440 g/mol. The van der Waals surface area contributed by atoms with E-state index in [1.807, 2.05) is 45.1 Å². The van der Waals surface area contributed by atoms with E-state index in [9.17, 15) is 10.1 Å². The first kappa shape index (κ1) is 23.8. The van der Waals surface area contributed by atoms with E-state index in [1.54, 1.807) is 29.7 Å². The number of hydrogen-bond acceptors (Lipinski definition) is 8. The Bertz CT molecular complexity index is 1370. The molecule has 0 fully saturated rings. The van der Waals surface area contributed by atoms with Crippen molar-refractivity contribution in [2.24, 2.45) is 5.92 Å². The van der Waals surface area contributed by atoms with Gasteiger partial charge in [0, 0.05) is 5.70 Å². The van der Waals surface area contributed by atoms with E-state index in [-0.39, 0.29) is 34.6 Å². The van der Waals surface area contributed by atoms with Crippen LogP contribution in [-0.2, 0) is 0 Å². The molecule has 170 valence electrons. The summed E-state index contributed by atoms with van der Waals surface area (Å²) in [5, 5.41) is 13.3. The summed E-state index contributed by atoms with van der Waals surface area (Å²) >= 11 is 6.38. The van der Waals surface area contributed by atoms with Crippen molar-refractivity contribution in [3.63, 3.8) is 0 Å². The maximum absolute atomic E-state index is 13.7. The van der Waals surface area contributed by atoms with E-state index in [0.29, 0.717) is 21.7 Å². The number of anilines is 3. The highest BCUT2D eigenvalue weighted by molar-refractivity contribution is 6.35. The molecule has 3 aromatic rings. The quantitative estimate of drug-likeness (QED) is 0.461. The summed E-state index contributed by atoms with van der Waals surface area (Å²) in [6.07, 6.45) is 5.61. The lowest BCUT2D eigenvalue weighted by Gasteiger charge is -2.23. The molecular formula is C23H25ClN8O. The van der Waals surface area contributed by atoms with Crippen molar-refractivity contribution >= 4 is 45.8 Å². The van der Waals surface area contributed by atoms with Gasteiger partial charge in [-0.2, -0.15) is 15.2 Å². The summed E-state index contributed by atoms with van der Waals surface area (Å²) < 4.78 is 1.55. The van der Waals surface area contributed by atoms with E-state index in [0.717, 1.165) is 5.70 Å². The minimum atomic E-state index is -0.561. The minimum Gasteiger partial charge on any atom is -0.382 e. The summed E-state index contributed by atoms with van der Waals surface area (Å²) in [7, 11) is 0. The maximum atomic E-state index is 13.7. The van der Waals surface area contributed by atoms with Gasteiger partial charge in [-0.1, -0.05) is 43.7 Å². The van der Waals surface area contributed by atoms with Gasteiger partial charge in [0.1, 0.15) is 23.3 Å². The number of benzene rings is 1. The highest BCUT2D eigenvalue weighted by Gasteiger charge is 2.23. The lowest BCUT2D eigenvalue weighted by Crippen LogP contribution is -2.30. The van der Waals surface area contributed by atoms with Crippen LogP contribution in [0, 0.1) is 17.2 Å². The Balaban J connectivity index is 2.30. The van der Waals surface area contributed by atoms with E-state index >= 15 is 0 Å². The molecule has 33 heavy (non-hydrogen) atoms. The largest absolute Gasteiger partial charge is 0.382 e. The van der Waals surface area contributed by atoms with Crippen LogP contribution in [0.1, 0.15) is 45.1 Å². The number of nitrogens with two attached hydrogens (primary N) is 2. The maximum Gasteiger partial charge on any atom is 0.267 e. The fourth-order valence-corrected chi connectivity index (χ4v) is 3.70. The van der Waals surface area contributed by atoms with E-state index < -0.39 is 6.04 Å². The minimum absolute atomic E-state index is 0.00778. The first-order chi connectivity index (χ1) is 15.7. The number of allylic oxidation sites excluding steroid dienone is 4. The monoisotopic (exact) mass is 464 g/mol. The molecule has 0 saturated heterocycles. The third-order valence-corrected chi connectivity index (χ3v) is 5.30. The third-order valence-electron chi connectivity index (χ3n) is 4.99. The van der Waals surface area contributed by atoms with Gasteiger partial charge >= 0.3 is 0 Å². The predicted octanol–water partition coefficient (Wildman–Crippen LogP) is 4.12. The smallest absolute Gasteiger partial charge is 0.267 e. The molecule has 0 saturated carbocycles. The number of hydrogen-bond donors (Lipinski definition) is 3. The van der Waals surface area contributed by atoms with Crippen LogP contribution in [0.5, 0.6) is 0 Å². The van der Waals surface area contributed by atoms with Crippen molar-refractivity contribution in [2.75, 3.05) is 16.8 Å². The molecule has 9 nitrogen and oxygen atoms in total. The summed E-state index contributed by atoms with van der Waals surface area (Å²) in [6, 6.07) is 6.56. The first-order valence-electron chi connectivity index (χ1n) is 10.3. The number of nitrogens with zero attached hydrogens (tertiary/aromatic N) is 5. The van der Waals surface area contributed by atoms with Gasteiger partial charge in [-0.3, -0.25) is 9.36 Å². The van der Waals surface area contributed by atoms with E-state index in [1.165, 1.54) is 0 Å². The van der Waals surface area contributed by atoms with Gasteiger partial charge in [-0.15, -0.1) is 0 Å². The first-order valence-corrected chi connectivity index (χ1v) is 10.7. The van der Waals surface area contributed by atoms with Gasteiger partial charge in [-0.05, 0) is 38.0 Å². The number of nitrogens with one attached hydrogen (secondary N) is 1. The van der Waals surface area contributed by atoms with Gasteiger partial charge in [0.15, 0.2) is 5.82 Å². The van der Waals surface area contributed by atoms with Crippen LogP contribution in [0.15, 0.2) is 41.2 Å². The molecule has 0 aliphatic rings. The van der Waals surface area contributed by atoms with Crippen molar-refractivity contribution in [3.05, 3.63) is 63.2 Å². The topological polar surface area (TPSA) is 149 Å². The Labute approximate surface area is 196 Å². The van der Waals surface area contributed by atoms with E-state index in [2.05, 4.69) is 15.3 Å². The van der Waals surface area contributed by atoms with Crippen LogP contribution in [-0.4, -0.2) is 19.5 Å². The van der Waals surface area contributed by atoms with Crippen molar-refractivity contribution in [1.82, 2.24) is 19.5 Å². The summed E-state index contributed by atoms with van der Waals surface area (Å²) in [6.45, 7) is 7.67. The zero-order valence-corrected chi connectivity index (χ0v) is 19.6. The molecule has 2 heterocycles. The molecule has 5 N–H and O–H groups in total. The van der Waals surface area contributed by atoms with Crippen LogP contribution < -0.4 is 22.3 Å². The van der Waals surface area contributed by atoms with Crippen molar-refractivity contribution in [2.45, 2.75) is 33.7 Å². The zero-order chi connectivity index (χ0) is 24.3. The van der Waals surface area contributed by atoms with Gasteiger partial charge in [0.2, 0.25) is 5.95 Å². The Hall–Kier alpha value is -3.90. The van der Waals surface area contributed by atoms with Crippen LogP contribution in [0.3, 0.4) is 0 Å². The van der Waals surface area contributed by atoms with Gasteiger partial charge in [0.05, 0.1) is 22.0 Å². The molecule has 1 unspecified atom stereocenters. The average Bonchev–Trinajstić information content (AvgIpc) is 2.74. The second kappa shape index (κ2) is 9.71. The number of nitrogen functional groups attached to an aromatic ring is 2. The summed E-state index contributed by atoms with van der Waals surface area (Å²) in [5.74, 6) is 0.454. The number of nitriles is 1. The van der Waals surface area contributed by atoms with Crippen molar-refractivity contribution < 1.29 is 0 Å². The van der Waals surface area contributed by atoms with Crippen molar-refractivity contribution in [3.8, 4) is 6.07 Å². The third kappa shape index (κ3) is 4.66. The predicted molar refractivity (Wildman–Crippen MR) is 133 cm³/mol. The zero-order valence-electron chi connectivity index (χ0n) is 18.8. The van der Waals surface area contributed by atoms with Crippen LogP contribution in [0.25, 0.3) is 16.6 Å². The Morgan fingerprint density at radius 3 is 2.61 bits per heavy atom. The molecule has 0 spiro atoms. The number of rotatable bonds is 6. The molecule has 10 heteroatoms. The van der Waals surface area contributed by atoms with Gasteiger partial charge in [0.25, 0.3) is 5.56 Å². The van der Waals surface area contributed by atoms with Crippen LogP contribution in [0.2, 0.25) is 5.02 Å².